The zero-order chi connectivity index (χ0) is 13.8. The van der Waals surface area contributed by atoms with Crippen LogP contribution in [0.5, 0.6) is 5.75 Å². The molecular weight excluding hydrogens is 259 g/mol. The van der Waals surface area contributed by atoms with Crippen LogP contribution in [0.15, 0.2) is 30.3 Å². The Morgan fingerprint density at radius 1 is 1.28 bits per heavy atom. The number of esters is 1. The minimum Gasteiger partial charge on any atom is -0.457 e. The van der Waals surface area contributed by atoms with E-state index in [1.807, 2.05) is 0 Å². The topological polar surface area (TPSA) is 52.6 Å². The lowest BCUT2D eigenvalue weighted by molar-refractivity contribution is -0.157. The molecule has 0 amide bonds. The number of benzene rings is 1. The fraction of sp³-hybridized carbons (Fsp3) is 0.417. The van der Waals surface area contributed by atoms with Gasteiger partial charge in [0.1, 0.15) is 11.4 Å². The molecule has 18 heavy (non-hydrogen) atoms. The summed E-state index contributed by atoms with van der Waals surface area (Å²) in [4.78, 5) is 11.3. The molecule has 0 aliphatic rings. The molecule has 0 aromatic heterocycles. The van der Waals surface area contributed by atoms with E-state index in [1.54, 1.807) is 39.0 Å². The molecule has 0 heterocycles. The molecule has 0 radical (unpaired) electrons. The molecule has 0 saturated heterocycles. The molecule has 0 saturated carbocycles. The van der Waals surface area contributed by atoms with Crippen molar-refractivity contribution in [2.24, 2.45) is 0 Å². The van der Waals surface area contributed by atoms with E-state index < -0.39 is 28.2 Å². The maximum Gasteiger partial charge on any atom is 0.358 e. The second-order valence-corrected chi connectivity index (χ2v) is 5.61. The van der Waals surface area contributed by atoms with Crippen molar-refractivity contribution >= 4 is 17.0 Å². The summed E-state index contributed by atoms with van der Waals surface area (Å²) in [6.45, 7) is 4.79. The van der Waals surface area contributed by atoms with E-state index in [4.69, 9.17) is 8.92 Å². The normalized spacial score (nSPS) is 14.7. The highest BCUT2D eigenvalue weighted by atomic mass is 32.2. The van der Waals surface area contributed by atoms with Gasteiger partial charge in [-0.25, -0.2) is 13.4 Å². The number of hydrogen-bond donors (Lipinski definition) is 0. The van der Waals surface area contributed by atoms with Gasteiger partial charge in [-0.2, -0.15) is 0 Å². The monoisotopic (exact) mass is 274 g/mol. The predicted octanol–water partition coefficient (Wildman–Crippen LogP) is 2.37. The van der Waals surface area contributed by atoms with Gasteiger partial charge in [-0.15, -0.1) is 0 Å². The maximum atomic E-state index is 13.5. The summed E-state index contributed by atoms with van der Waals surface area (Å²) >= 11 is -2.42. The third-order valence-corrected chi connectivity index (χ3v) is 2.57. The molecule has 2 unspecified atom stereocenters. The van der Waals surface area contributed by atoms with Gasteiger partial charge in [-0.1, -0.05) is 18.2 Å². The van der Waals surface area contributed by atoms with Crippen molar-refractivity contribution in [1.29, 1.82) is 0 Å². The molecular formula is C12H15FO4S. The van der Waals surface area contributed by atoms with Gasteiger partial charge in [-0.05, 0) is 32.9 Å². The van der Waals surface area contributed by atoms with Crippen molar-refractivity contribution in [3.8, 4) is 5.75 Å². The van der Waals surface area contributed by atoms with Crippen molar-refractivity contribution in [3.63, 3.8) is 0 Å². The maximum absolute atomic E-state index is 13.5. The molecule has 6 heteroatoms. The van der Waals surface area contributed by atoms with Gasteiger partial charge in [0, 0.05) is 0 Å². The van der Waals surface area contributed by atoms with Gasteiger partial charge >= 0.3 is 11.5 Å². The van der Waals surface area contributed by atoms with Crippen LogP contribution in [0.4, 0.5) is 4.39 Å². The summed E-state index contributed by atoms with van der Waals surface area (Å²) in [5.41, 5.74) is -3.16. The number of ether oxygens (including phenoxy) is 1. The Morgan fingerprint density at radius 2 is 1.83 bits per heavy atom. The number of para-hydroxylation sites is 1. The highest BCUT2D eigenvalue weighted by Crippen LogP contribution is 2.15. The van der Waals surface area contributed by atoms with Crippen molar-refractivity contribution in [2.75, 3.05) is 0 Å². The van der Waals surface area contributed by atoms with E-state index in [2.05, 4.69) is 0 Å². The summed E-state index contributed by atoms with van der Waals surface area (Å²) in [5, 5.41) is 0. The first kappa shape index (κ1) is 14.6. The number of alkyl halides is 1. The molecule has 0 spiro atoms. The Kier molecular flexibility index (Phi) is 4.84. The molecule has 4 nitrogen and oxygen atoms in total. The Labute approximate surface area is 108 Å². The van der Waals surface area contributed by atoms with E-state index in [-0.39, 0.29) is 5.75 Å². The molecule has 0 fully saturated rings. The van der Waals surface area contributed by atoms with Crippen molar-refractivity contribution < 1.29 is 22.3 Å². The third-order valence-electron chi connectivity index (χ3n) is 1.68. The second-order valence-electron chi connectivity index (χ2n) is 4.51. The quantitative estimate of drug-likeness (QED) is 0.791. The zero-order valence-electron chi connectivity index (χ0n) is 10.4. The van der Waals surface area contributed by atoms with Crippen LogP contribution in [0.2, 0.25) is 0 Å². The van der Waals surface area contributed by atoms with Crippen molar-refractivity contribution in [2.45, 2.75) is 31.9 Å². The number of halogens is 1. The Bertz CT molecular complexity index is 427. The number of carbonyl (C=O) groups is 1. The molecule has 1 rings (SSSR count). The van der Waals surface area contributed by atoms with E-state index in [9.17, 15) is 13.4 Å². The zero-order valence-corrected chi connectivity index (χ0v) is 11.2. The van der Waals surface area contributed by atoms with E-state index in [1.165, 1.54) is 12.1 Å². The van der Waals surface area contributed by atoms with Gasteiger partial charge in [0.2, 0.25) is 0 Å². The van der Waals surface area contributed by atoms with Gasteiger partial charge in [0.25, 0.3) is 11.1 Å². The molecule has 0 N–H and O–H groups in total. The molecule has 1 aromatic carbocycles. The lowest BCUT2D eigenvalue weighted by Crippen LogP contribution is -2.33. The molecule has 2 atom stereocenters. The standard InChI is InChI=1S/C12H15FO4S/c1-12(2,3)16-11(14)10(13)18(15)17-9-7-5-4-6-8-9/h4-8,10H,1-3H3. The summed E-state index contributed by atoms with van der Waals surface area (Å²) in [7, 11) is 0. The van der Waals surface area contributed by atoms with Gasteiger partial charge in [0.05, 0.1) is 0 Å². The summed E-state index contributed by atoms with van der Waals surface area (Å²) in [6.07, 6.45) is 0. The van der Waals surface area contributed by atoms with Crippen molar-refractivity contribution in [1.82, 2.24) is 0 Å². The van der Waals surface area contributed by atoms with Crippen LogP contribution in [0, 0.1) is 0 Å². The fourth-order valence-corrected chi connectivity index (χ4v) is 1.63. The number of rotatable bonds is 4. The highest BCUT2D eigenvalue weighted by molar-refractivity contribution is 7.81. The van der Waals surface area contributed by atoms with Crippen LogP contribution in [0.25, 0.3) is 0 Å². The lowest BCUT2D eigenvalue weighted by atomic mass is 10.2. The predicted molar refractivity (Wildman–Crippen MR) is 66.0 cm³/mol. The number of carbonyl (C=O) groups excluding carboxylic acids is 1. The van der Waals surface area contributed by atoms with Crippen LogP contribution in [0.3, 0.4) is 0 Å². The first-order valence-electron chi connectivity index (χ1n) is 5.30. The fourth-order valence-electron chi connectivity index (χ4n) is 1.04. The Hall–Kier alpha value is -1.43. The average molecular weight is 274 g/mol. The average Bonchev–Trinajstić information content (AvgIpc) is 2.27. The van der Waals surface area contributed by atoms with E-state index in [0.29, 0.717) is 0 Å². The van der Waals surface area contributed by atoms with Crippen molar-refractivity contribution in [3.05, 3.63) is 30.3 Å². The van der Waals surface area contributed by atoms with Crippen LogP contribution in [-0.2, 0) is 20.6 Å². The molecule has 0 bridgehead atoms. The van der Waals surface area contributed by atoms with Gasteiger partial charge in [-0.3, -0.25) is 0 Å². The van der Waals surface area contributed by atoms with Crippen LogP contribution in [-0.4, -0.2) is 21.3 Å². The molecule has 0 aliphatic heterocycles. The minimum atomic E-state index is -2.42. The van der Waals surface area contributed by atoms with Crippen LogP contribution in [0.1, 0.15) is 20.8 Å². The van der Waals surface area contributed by atoms with Crippen LogP contribution >= 0.6 is 0 Å². The highest BCUT2D eigenvalue weighted by Gasteiger charge is 2.31. The minimum absolute atomic E-state index is 0.224. The SMILES string of the molecule is CC(C)(C)OC(=O)C(F)S(=O)Oc1ccccc1. The summed E-state index contributed by atoms with van der Waals surface area (Å²) in [5.74, 6) is -0.973. The van der Waals surface area contributed by atoms with Gasteiger partial charge in [0.15, 0.2) is 0 Å². The second kappa shape index (κ2) is 5.95. The first-order chi connectivity index (χ1) is 8.29. The Morgan fingerprint density at radius 3 is 2.33 bits per heavy atom. The summed E-state index contributed by atoms with van der Waals surface area (Å²) < 4.78 is 34.5. The molecule has 1 aromatic rings. The third kappa shape index (κ3) is 4.83. The van der Waals surface area contributed by atoms with Crippen LogP contribution < -0.4 is 4.18 Å². The molecule has 0 aliphatic carbocycles. The largest absolute Gasteiger partial charge is 0.457 e. The van der Waals surface area contributed by atoms with E-state index in [0.717, 1.165) is 0 Å². The number of hydrogen-bond acceptors (Lipinski definition) is 4. The molecule has 100 valence electrons. The smallest absolute Gasteiger partial charge is 0.358 e. The Balaban J connectivity index is 2.59. The first-order valence-corrected chi connectivity index (χ1v) is 6.44. The van der Waals surface area contributed by atoms with Gasteiger partial charge < -0.3 is 8.92 Å². The summed E-state index contributed by atoms with van der Waals surface area (Å²) in [6, 6.07) is 8.05. The lowest BCUT2D eigenvalue weighted by Gasteiger charge is -2.20. The van der Waals surface area contributed by atoms with E-state index >= 15 is 0 Å².